The molecule has 0 aromatic heterocycles. The first-order valence-corrected chi connectivity index (χ1v) is 9.29. The van der Waals surface area contributed by atoms with Crippen molar-refractivity contribution in [3.05, 3.63) is 108 Å². The highest BCUT2D eigenvalue weighted by molar-refractivity contribution is 6.64. The Bertz CT molecular complexity index is 699. The third-order valence-corrected chi connectivity index (χ3v) is 4.51. The maximum Gasteiger partial charge on any atom is 0.290 e. The van der Waals surface area contributed by atoms with Crippen molar-refractivity contribution in [1.82, 2.24) is 14.2 Å². The van der Waals surface area contributed by atoms with Crippen molar-refractivity contribution in [2.45, 2.75) is 19.6 Å². The van der Waals surface area contributed by atoms with Crippen molar-refractivity contribution in [2.24, 2.45) is 0 Å². The zero-order valence-corrected chi connectivity index (χ0v) is 15.4. The number of hydrogen-bond acceptors (Lipinski definition) is 3. The van der Waals surface area contributed by atoms with E-state index in [-0.39, 0.29) is 0 Å². The Hall–Kier alpha value is -2.27. The highest BCUT2D eigenvalue weighted by Gasteiger charge is 2.28. The molecule has 1 aliphatic rings. The van der Waals surface area contributed by atoms with Crippen LogP contribution in [0.2, 0.25) is 0 Å². The first-order valence-electron chi connectivity index (χ1n) is 9.29. The number of rotatable bonds is 6. The van der Waals surface area contributed by atoms with E-state index in [1.807, 2.05) is 0 Å². The van der Waals surface area contributed by atoms with Gasteiger partial charge >= 0.3 is 0 Å². The molecule has 3 nitrogen and oxygen atoms in total. The minimum Gasteiger partial charge on any atom is -0.361 e. The van der Waals surface area contributed by atoms with Crippen LogP contribution in [0.3, 0.4) is 0 Å². The average Bonchev–Trinajstić information content (AvgIpc) is 2.70. The molecule has 0 aliphatic carbocycles. The van der Waals surface area contributed by atoms with Gasteiger partial charge < -0.3 is 14.2 Å². The van der Waals surface area contributed by atoms with E-state index in [0.717, 1.165) is 19.6 Å². The molecule has 1 heterocycles. The van der Waals surface area contributed by atoms with Gasteiger partial charge in [-0.2, -0.15) is 0 Å². The molecule has 1 saturated heterocycles. The smallest absolute Gasteiger partial charge is 0.290 e. The summed E-state index contributed by atoms with van der Waals surface area (Å²) in [6.07, 6.45) is 0. The average molecular weight is 348 g/mol. The lowest BCUT2D eigenvalue weighted by Crippen LogP contribution is -2.60. The van der Waals surface area contributed by atoms with Crippen LogP contribution >= 0.6 is 0 Å². The summed E-state index contributed by atoms with van der Waals surface area (Å²) in [7, 11) is 6.55. The zero-order valence-electron chi connectivity index (χ0n) is 15.4. The number of benzene rings is 3. The molecule has 0 spiro atoms. The van der Waals surface area contributed by atoms with Crippen LogP contribution in [0.4, 0.5) is 0 Å². The normalized spacial score (nSPS) is 15.6. The Kier molecular flexibility index (Phi) is 6.10. The summed E-state index contributed by atoms with van der Waals surface area (Å²) in [4.78, 5) is 0. The standard InChI is InChI=1S/C21H21B3N3/c1-4-10-19(11-5-1)16-25-22-26(17-20-12-6-2-7-13-20)24-27(23-25)18-21-14-8-3-9-15-21/h1-15H,16-18H2. The lowest BCUT2D eigenvalue weighted by molar-refractivity contribution is 0.468. The highest BCUT2D eigenvalue weighted by atomic mass is 15.3. The van der Waals surface area contributed by atoms with Crippen molar-refractivity contribution in [2.75, 3.05) is 0 Å². The summed E-state index contributed by atoms with van der Waals surface area (Å²) in [5.74, 6) is 0. The molecule has 129 valence electrons. The third kappa shape index (κ3) is 5.36. The lowest BCUT2D eigenvalue weighted by atomic mass is 9.73. The minimum absolute atomic E-state index is 0.852. The van der Waals surface area contributed by atoms with Crippen molar-refractivity contribution in [1.29, 1.82) is 0 Å². The molecule has 3 aromatic rings. The third-order valence-electron chi connectivity index (χ3n) is 4.51. The van der Waals surface area contributed by atoms with Crippen LogP contribution in [0, 0.1) is 0 Å². The second-order valence-electron chi connectivity index (χ2n) is 6.82. The minimum atomic E-state index is 0.852. The summed E-state index contributed by atoms with van der Waals surface area (Å²) in [5, 5.41) is 0. The van der Waals surface area contributed by atoms with E-state index in [1.165, 1.54) is 16.7 Å². The molecule has 0 bridgehead atoms. The molecule has 1 fully saturated rings. The van der Waals surface area contributed by atoms with Crippen molar-refractivity contribution in [3.63, 3.8) is 0 Å². The second-order valence-corrected chi connectivity index (χ2v) is 6.82. The number of hydrogen-bond donors (Lipinski definition) is 0. The maximum absolute atomic E-state index is 2.25. The van der Waals surface area contributed by atoms with Crippen LogP contribution < -0.4 is 0 Å². The monoisotopic (exact) mass is 348 g/mol. The van der Waals surface area contributed by atoms with Gasteiger partial charge in [-0.3, -0.25) is 0 Å². The van der Waals surface area contributed by atoms with Gasteiger partial charge in [-0.05, 0) is 16.7 Å². The first-order chi connectivity index (χ1) is 13.3. The van der Waals surface area contributed by atoms with Crippen LogP contribution in [0.15, 0.2) is 91.0 Å². The summed E-state index contributed by atoms with van der Waals surface area (Å²) in [5.41, 5.74) is 3.89. The van der Waals surface area contributed by atoms with Crippen molar-refractivity contribution >= 4 is 22.6 Å². The van der Waals surface area contributed by atoms with Gasteiger partial charge in [0.05, 0.1) is 0 Å². The molecule has 4 rings (SSSR count). The van der Waals surface area contributed by atoms with Crippen molar-refractivity contribution < 1.29 is 0 Å². The van der Waals surface area contributed by atoms with Crippen LogP contribution in [0.5, 0.6) is 0 Å². The molecule has 3 aromatic carbocycles. The Balaban J connectivity index is 1.47. The van der Waals surface area contributed by atoms with Crippen LogP contribution in [-0.4, -0.2) is 36.8 Å². The molecule has 0 saturated carbocycles. The van der Waals surface area contributed by atoms with E-state index in [1.54, 1.807) is 0 Å². The summed E-state index contributed by atoms with van der Waals surface area (Å²) >= 11 is 0. The van der Waals surface area contributed by atoms with Gasteiger partial charge in [0, 0.05) is 19.6 Å². The first kappa shape index (κ1) is 18.1. The molecule has 27 heavy (non-hydrogen) atoms. The van der Waals surface area contributed by atoms with E-state index in [4.69, 9.17) is 0 Å². The molecule has 6 heteroatoms. The van der Waals surface area contributed by atoms with Gasteiger partial charge in [-0.15, -0.1) is 0 Å². The Morgan fingerprint density at radius 2 is 0.667 bits per heavy atom. The molecule has 0 amide bonds. The quantitative estimate of drug-likeness (QED) is 0.634. The van der Waals surface area contributed by atoms with E-state index >= 15 is 0 Å². The molecule has 3 radical (unpaired) electrons. The van der Waals surface area contributed by atoms with E-state index in [0.29, 0.717) is 0 Å². The van der Waals surface area contributed by atoms with E-state index < -0.39 is 0 Å². The highest BCUT2D eigenvalue weighted by Crippen LogP contribution is 2.13. The fourth-order valence-corrected chi connectivity index (χ4v) is 3.29. The predicted molar refractivity (Wildman–Crippen MR) is 113 cm³/mol. The molecule has 0 N–H and O–H groups in total. The van der Waals surface area contributed by atoms with Gasteiger partial charge in [0.1, 0.15) is 0 Å². The Morgan fingerprint density at radius 1 is 0.407 bits per heavy atom. The largest absolute Gasteiger partial charge is 0.361 e. The van der Waals surface area contributed by atoms with E-state index in [2.05, 4.69) is 128 Å². The number of nitrogens with zero attached hydrogens (tertiary/aromatic N) is 3. The van der Waals surface area contributed by atoms with Gasteiger partial charge in [0.15, 0.2) is 0 Å². The lowest BCUT2D eigenvalue weighted by Gasteiger charge is -2.40. The van der Waals surface area contributed by atoms with Gasteiger partial charge in [-0.1, -0.05) is 91.0 Å². The summed E-state index contributed by atoms with van der Waals surface area (Å²) in [6, 6.07) is 31.8. The summed E-state index contributed by atoms with van der Waals surface area (Å²) < 4.78 is 6.75. The molecule has 1 aliphatic heterocycles. The van der Waals surface area contributed by atoms with Crippen LogP contribution in [-0.2, 0) is 19.6 Å². The fraction of sp³-hybridized carbons (Fsp3) is 0.143. The van der Waals surface area contributed by atoms with Gasteiger partial charge in [0.2, 0.25) is 0 Å². The topological polar surface area (TPSA) is 9.72 Å². The molecular weight excluding hydrogens is 327 g/mol. The maximum atomic E-state index is 2.25. The van der Waals surface area contributed by atoms with Gasteiger partial charge in [-0.25, -0.2) is 0 Å². The zero-order chi connectivity index (χ0) is 18.3. The van der Waals surface area contributed by atoms with E-state index in [9.17, 15) is 0 Å². The van der Waals surface area contributed by atoms with Gasteiger partial charge in [0.25, 0.3) is 22.6 Å². The fourth-order valence-electron chi connectivity index (χ4n) is 3.29. The predicted octanol–water partition coefficient (Wildman–Crippen LogP) is 3.11. The van der Waals surface area contributed by atoms with Crippen LogP contribution in [0.1, 0.15) is 16.7 Å². The molecular formula is C21H21B3N3. The van der Waals surface area contributed by atoms with Crippen LogP contribution in [0.25, 0.3) is 0 Å². The van der Waals surface area contributed by atoms with Crippen molar-refractivity contribution in [3.8, 4) is 0 Å². The Labute approximate surface area is 164 Å². The molecule has 0 atom stereocenters. The summed E-state index contributed by atoms with van der Waals surface area (Å²) in [6.45, 7) is 2.56. The SMILES string of the molecule is [B]1N(Cc2ccccc2)[B]N(Cc2ccccc2)[B]N1Cc1ccccc1. The second kappa shape index (κ2) is 9.09. The Morgan fingerprint density at radius 3 is 0.926 bits per heavy atom. The molecule has 0 unspecified atom stereocenters.